The zero-order valence-electron chi connectivity index (χ0n) is 10.3. The summed E-state index contributed by atoms with van der Waals surface area (Å²) in [6, 6.07) is 7.03. The van der Waals surface area contributed by atoms with Crippen LogP contribution in [0.2, 0.25) is 5.02 Å². The highest BCUT2D eigenvalue weighted by molar-refractivity contribution is 6.30. The van der Waals surface area contributed by atoms with E-state index in [2.05, 4.69) is 5.32 Å². The fourth-order valence-corrected chi connectivity index (χ4v) is 2.18. The highest BCUT2D eigenvalue weighted by Crippen LogP contribution is 2.12. The number of hydrogen-bond acceptors (Lipinski definition) is 3. The van der Waals surface area contributed by atoms with E-state index in [-0.39, 0.29) is 5.78 Å². The Hall–Kier alpha value is -0.900. The van der Waals surface area contributed by atoms with Crippen LogP contribution < -0.4 is 5.32 Å². The molecule has 1 aliphatic heterocycles. The Balaban J connectivity index is 1.66. The van der Waals surface area contributed by atoms with Gasteiger partial charge < -0.3 is 10.1 Å². The number of hydrogen-bond donors (Lipinski definition) is 1. The average Bonchev–Trinajstić information content (AvgIpc) is 2.88. The zero-order chi connectivity index (χ0) is 12.8. The van der Waals surface area contributed by atoms with Crippen LogP contribution in [0.1, 0.15) is 29.6 Å². The Morgan fingerprint density at radius 1 is 1.39 bits per heavy atom. The van der Waals surface area contributed by atoms with Gasteiger partial charge in [0.1, 0.15) is 0 Å². The largest absolute Gasteiger partial charge is 0.377 e. The molecule has 0 amide bonds. The molecular weight excluding hydrogens is 250 g/mol. The summed E-state index contributed by atoms with van der Waals surface area (Å²) in [6.07, 6.45) is 3.11. The van der Waals surface area contributed by atoms with Crippen molar-refractivity contribution in [2.24, 2.45) is 0 Å². The van der Waals surface area contributed by atoms with Gasteiger partial charge in [0.25, 0.3) is 0 Å². The monoisotopic (exact) mass is 267 g/mol. The summed E-state index contributed by atoms with van der Waals surface area (Å²) in [6.45, 7) is 2.41. The molecule has 0 aliphatic carbocycles. The van der Waals surface area contributed by atoms with Gasteiger partial charge in [0.05, 0.1) is 6.10 Å². The van der Waals surface area contributed by atoms with Crippen molar-refractivity contribution in [3.05, 3.63) is 34.9 Å². The minimum atomic E-state index is 0.145. The number of ether oxygens (including phenoxy) is 1. The van der Waals surface area contributed by atoms with Gasteiger partial charge in [-0.15, -0.1) is 0 Å². The number of Topliss-reactive ketones (excluding diaryl/α,β-unsaturated/α-hetero) is 1. The summed E-state index contributed by atoms with van der Waals surface area (Å²) >= 11 is 5.78. The van der Waals surface area contributed by atoms with E-state index >= 15 is 0 Å². The summed E-state index contributed by atoms with van der Waals surface area (Å²) in [4.78, 5) is 11.8. The molecule has 0 radical (unpaired) electrons. The lowest BCUT2D eigenvalue weighted by atomic mass is 10.1. The quantitative estimate of drug-likeness (QED) is 0.636. The Kier molecular flexibility index (Phi) is 5.17. The van der Waals surface area contributed by atoms with Gasteiger partial charge in [-0.05, 0) is 37.1 Å². The normalized spacial score (nSPS) is 19.1. The molecule has 98 valence electrons. The summed E-state index contributed by atoms with van der Waals surface area (Å²) in [5, 5.41) is 3.92. The van der Waals surface area contributed by atoms with E-state index in [0.29, 0.717) is 24.1 Å². The fourth-order valence-electron chi connectivity index (χ4n) is 2.05. The van der Waals surface area contributed by atoms with Gasteiger partial charge in [-0.3, -0.25) is 4.79 Å². The molecule has 18 heavy (non-hydrogen) atoms. The number of halogens is 1. The third-order valence-corrected chi connectivity index (χ3v) is 3.34. The van der Waals surface area contributed by atoms with Crippen molar-refractivity contribution in [3.8, 4) is 0 Å². The molecule has 1 aromatic rings. The van der Waals surface area contributed by atoms with Crippen LogP contribution in [0.4, 0.5) is 0 Å². The SMILES string of the molecule is O=C(CCNCC1CCCO1)c1ccc(Cl)cc1. The molecule has 1 N–H and O–H groups in total. The van der Waals surface area contributed by atoms with E-state index in [0.717, 1.165) is 31.6 Å². The number of carbonyl (C=O) groups excluding carboxylic acids is 1. The van der Waals surface area contributed by atoms with Crippen molar-refractivity contribution in [1.82, 2.24) is 5.32 Å². The highest BCUT2D eigenvalue weighted by atomic mass is 35.5. The molecule has 1 heterocycles. The first kappa shape index (κ1) is 13.5. The van der Waals surface area contributed by atoms with E-state index in [9.17, 15) is 4.79 Å². The molecule has 0 spiro atoms. The van der Waals surface area contributed by atoms with Gasteiger partial charge in [-0.2, -0.15) is 0 Å². The molecule has 2 rings (SSSR count). The molecule has 1 fully saturated rings. The van der Waals surface area contributed by atoms with Gasteiger partial charge in [0.2, 0.25) is 0 Å². The molecule has 1 aromatic carbocycles. The Labute approximate surface area is 112 Å². The average molecular weight is 268 g/mol. The molecule has 4 heteroatoms. The van der Waals surface area contributed by atoms with Crippen LogP contribution >= 0.6 is 11.6 Å². The van der Waals surface area contributed by atoms with Gasteiger partial charge in [0.15, 0.2) is 5.78 Å². The van der Waals surface area contributed by atoms with Crippen LogP contribution in [0.5, 0.6) is 0 Å². The van der Waals surface area contributed by atoms with E-state index in [4.69, 9.17) is 16.3 Å². The van der Waals surface area contributed by atoms with Crippen molar-refractivity contribution in [2.45, 2.75) is 25.4 Å². The molecule has 1 unspecified atom stereocenters. The predicted octanol–water partition coefficient (Wildman–Crippen LogP) is 2.68. The van der Waals surface area contributed by atoms with Gasteiger partial charge in [0, 0.05) is 36.7 Å². The molecule has 0 bridgehead atoms. The first-order valence-electron chi connectivity index (χ1n) is 6.37. The predicted molar refractivity (Wildman–Crippen MR) is 72.2 cm³/mol. The minimum Gasteiger partial charge on any atom is -0.377 e. The molecule has 1 atom stereocenters. The summed E-state index contributed by atoms with van der Waals surface area (Å²) in [5.41, 5.74) is 0.721. The maximum Gasteiger partial charge on any atom is 0.164 e. The maximum absolute atomic E-state index is 11.8. The van der Waals surface area contributed by atoms with Gasteiger partial charge in [-0.25, -0.2) is 0 Å². The molecule has 1 aliphatic rings. The van der Waals surface area contributed by atoms with E-state index in [1.54, 1.807) is 24.3 Å². The third kappa shape index (κ3) is 4.09. The summed E-state index contributed by atoms with van der Waals surface area (Å²) in [5.74, 6) is 0.145. The molecule has 3 nitrogen and oxygen atoms in total. The lowest BCUT2D eigenvalue weighted by Gasteiger charge is -2.10. The minimum absolute atomic E-state index is 0.145. The molecular formula is C14H18ClNO2. The van der Waals surface area contributed by atoms with Crippen molar-refractivity contribution >= 4 is 17.4 Å². The van der Waals surface area contributed by atoms with Crippen LogP contribution in [-0.2, 0) is 4.74 Å². The number of ketones is 1. The smallest absolute Gasteiger partial charge is 0.164 e. The lowest BCUT2D eigenvalue weighted by Crippen LogP contribution is -2.28. The second-order valence-corrected chi connectivity index (χ2v) is 4.96. The number of carbonyl (C=O) groups is 1. The molecule has 0 saturated carbocycles. The second kappa shape index (κ2) is 6.88. The van der Waals surface area contributed by atoms with Crippen molar-refractivity contribution in [1.29, 1.82) is 0 Å². The van der Waals surface area contributed by atoms with Crippen molar-refractivity contribution in [3.63, 3.8) is 0 Å². The van der Waals surface area contributed by atoms with Crippen LogP contribution in [0.25, 0.3) is 0 Å². The first-order valence-corrected chi connectivity index (χ1v) is 6.74. The van der Waals surface area contributed by atoms with Crippen molar-refractivity contribution in [2.75, 3.05) is 19.7 Å². The van der Waals surface area contributed by atoms with Crippen molar-refractivity contribution < 1.29 is 9.53 Å². The summed E-state index contributed by atoms with van der Waals surface area (Å²) < 4.78 is 5.50. The second-order valence-electron chi connectivity index (χ2n) is 4.52. The van der Waals surface area contributed by atoms with E-state index < -0.39 is 0 Å². The van der Waals surface area contributed by atoms with Crippen LogP contribution in [-0.4, -0.2) is 31.6 Å². The lowest BCUT2D eigenvalue weighted by molar-refractivity contribution is 0.0968. The van der Waals surface area contributed by atoms with Crippen LogP contribution in [0.15, 0.2) is 24.3 Å². The molecule has 1 saturated heterocycles. The van der Waals surface area contributed by atoms with Gasteiger partial charge in [-0.1, -0.05) is 11.6 Å². The Morgan fingerprint density at radius 2 is 2.17 bits per heavy atom. The topological polar surface area (TPSA) is 38.3 Å². The zero-order valence-corrected chi connectivity index (χ0v) is 11.1. The third-order valence-electron chi connectivity index (χ3n) is 3.09. The summed E-state index contributed by atoms with van der Waals surface area (Å²) in [7, 11) is 0. The maximum atomic E-state index is 11.8. The van der Waals surface area contributed by atoms with Crippen LogP contribution in [0.3, 0.4) is 0 Å². The first-order chi connectivity index (χ1) is 8.75. The number of rotatable bonds is 6. The van der Waals surface area contributed by atoms with Gasteiger partial charge >= 0.3 is 0 Å². The molecule has 0 aromatic heterocycles. The Morgan fingerprint density at radius 3 is 2.83 bits per heavy atom. The fraction of sp³-hybridized carbons (Fsp3) is 0.500. The van der Waals surface area contributed by atoms with Crippen LogP contribution in [0, 0.1) is 0 Å². The number of nitrogens with one attached hydrogen (secondary N) is 1. The highest BCUT2D eigenvalue weighted by Gasteiger charge is 2.14. The number of benzene rings is 1. The van der Waals surface area contributed by atoms with E-state index in [1.165, 1.54) is 0 Å². The Bertz CT molecular complexity index is 385. The van der Waals surface area contributed by atoms with E-state index in [1.807, 2.05) is 0 Å². The standard InChI is InChI=1S/C14H18ClNO2/c15-12-5-3-11(4-6-12)14(17)7-8-16-10-13-2-1-9-18-13/h3-6,13,16H,1-2,7-10H2.